The van der Waals surface area contributed by atoms with Gasteiger partial charge >= 0.3 is 0 Å². The van der Waals surface area contributed by atoms with Crippen molar-refractivity contribution in [1.82, 2.24) is 4.98 Å². The van der Waals surface area contributed by atoms with E-state index >= 15 is 0 Å². The number of hydrogen-bond donors (Lipinski definition) is 2. The third-order valence-corrected chi connectivity index (χ3v) is 6.73. The lowest BCUT2D eigenvalue weighted by atomic mass is 10.3. The molecule has 5 nitrogen and oxygen atoms in total. The van der Waals surface area contributed by atoms with Crippen LogP contribution in [0.2, 0.25) is 5.02 Å². The predicted molar refractivity (Wildman–Crippen MR) is 123 cm³/mol. The molecule has 0 fully saturated rings. The molecule has 0 unspecified atom stereocenters. The molecule has 0 saturated carbocycles. The molecule has 29 heavy (non-hydrogen) atoms. The molecule has 2 aromatic carbocycles. The Morgan fingerprint density at radius 1 is 1.07 bits per heavy atom. The summed E-state index contributed by atoms with van der Waals surface area (Å²) < 4.78 is 0.753. The molecule has 9 heteroatoms. The summed E-state index contributed by atoms with van der Waals surface area (Å²) in [5, 5.41) is 8.16. The molecule has 0 spiro atoms. The van der Waals surface area contributed by atoms with E-state index in [1.165, 1.54) is 23.1 Å². The summed E-state index contributed by atoms with van der Waals surface area (Å²) in [4.78, 5) is 29.8. The quantitative estimate of drug-likeness (QED) is 0.436. The summed E-state index contributed by atoms with van der Waals surface area (Å²) in [7, 11) is 0. The average Bonchev–Trinajstić information content (AvgIpc) is 3.15. The SMILES string of the molecule is CSc1cccc(NC(=O)Cc2csc(SCC(=O)Nc3ccc(Cl)cc3)n2)c1. The monoisotopic (exact) mass is 463 g/mol. The molecule has 1 aromatic heterocycles. The number of anilines is 2. The number of carbonyl (C=O) groups excluding carboxylic acids is 2. The number of benzene rings is 2. The summed E-state index contributed by atoms with van der Waals surface area (Å²) >= 11 is 10.2. The third kappa shape index (κ3) is 7.08. The second-order valence-electron chi connectivity index (χ2n) is 5.91. The maximum Gasteiger partial charge on any atom is 0.234 e. The maximum atomic E-state index is 12.3. The zero-order valence-electron chi connectivity index (χ0n) is 15.5. The minimum absolute atomic E-state index is 0.120. The van der Waals surface area contributed by atoms with Crippen LogP contribution in [-0.4, -0.2) is 28.8 Å². The van der Waals surface area contributed by atoms with Crippen molar-refractivity contribution >= 4 is 69.7 Å². The van der Waals surface area contributed by atoms with Gasteiger partial charge in [-0.2, -0.15) is 0 Å². The van der Waals surface area contributed by atoms with Crippen LogP contribution in [0.1, 0.15) is 5.69 Å². The van der Waals surface area contributed by atoms with Crippen LogP contribution in [0.5, 0.6) is 0 Å². The van der Waals surface area contributed by atoms with Gasteiger partial charge in [-0.05, 0) is 48.7 Å². The summed E-state index contributed by atoms with van der Waals surface area (Å²) in [6.07, 6.45) is 2.18. The molecule has 0 radical (unpaired) electrons. The first-order valence-corrected chi connectivity index (χ1v) is 12.0. The highest BCUT2D eigenvalue weighted by molar-refractivity contribution is 8.01. The van der Waals surface area contributed by atoms with Crippen molar-refractivity contribution < 1.29 is 9.59 Å². The highest BCUT2D eigenvalue weighted by atomic mass is 35.5. The van der Waals surface area contributed by atoms with Gasteiger partial charge in [-0.25, -0.2) is 4.98 Å². The summed E-state index contributed by atoms with van der Waals surface area (Å²) in [6, 6.07) is 14.6. The maximum absolute atomic E-state index is 12.3. The van der Waals surface area contributed by atoms with Crippen LogP contribution in [0, 0.1) is 0 Å². The molecule has 3 rings (SSSR count). The van der Waals surface area contributed by atoms with Crippen LogP contribution in [0.15, 0.2) is 63.1 Å². The van der Waals surface area contributed by atoms with E-state index in [1.807, 2.05) is 35.9 Å². The van der Waals surface area contributed by atoms with Crippen LogP contribution < -0.4 is 10.6 Å². The van der Waals surface area contributed by atoms with E-state index in [9.17, 15) is 9.59 Å². The molecule has 3 aromatic rings. The number of hydrogen-bond acceptors (Lipinski definition) is 6. The van der Waals surface area contributed by atoms with Gasteiger partial charge in [0.25, 0.3) is 0 Å². The molecule has 0 atom stereocenters. The van der Waals surface area contributed by atoms with Gasteiger partial charge in [-0.15, -0.1) is 23.1 Å². The topological polar surface area (TPSA) is 71.1 Å². The first-order chi connectivity index (χ1) is 14.0. The lowest BCUT2D eigenvalue weighted by Gasteiger charge is -2.05. The number of thioether (sulfide) groups is 2. The number of halogens is 1. The molecular weight excluding hydrogens is 446 g/mol. The summed E-state index contributed by atoms with van der Waals surface area (Å²) in [5.74, 6) is -0.00504. The highest BCUT2D eigenvalue weighted by Crippen LogP contribution is 2.24. The van der Waals surface area contributed by atoms with Gasteiger partial charge < -0.3 is 10.6 Å². The second kappa shape index (κ2) is 10.7. The van der Waals surface area contributed by atoms with Gasteiger partial charge in [0, 0.05) is 26.7 Å². The number of nitrogens with one attached hydrogen (secondary N) is 2. The molecule has 150 valence electrons. The molecule has 0 aliphatic heterocycles. The lowest BCUT2D eigenvalue weighted by molar-refractivity contribution is -0.116. The Bertz CT molecular complexity index is 993. The van der Waals surface area contributed by atoms with Crippen LogP contribution in [0.3, 0.4) is 0 Å². The van der Waals surface area contributed by atoms with Crippen LogP contribution in [0.25, 0.3) is 0 Å². The van der Waals surface area contributed by atoms with Crippen molar-refractivity contribution in [3.63, 3.8) is 0 Å². The van der Waals surface area contributed by atoms with Crippen LogP contribution >= 0.6 is 46.5 Å². The fourth-order valence-electron chi connectivity index (χ4n) is 2.36. The highest BCUT2D eigenvalue weighted by Gasteiger charge is 2.11. The van der Waals surface area contributed by atoms with Crippen molar-refractivity contribution in [2.75, 3.05) is 22.6 Å². The Labute approximate surface area is 186 Å². The van der Waals surface area contributed by atoms with Crippen molar-refractivity contribution in [3.05, 3.63) is 64.6 Å². The molecule has 0 aliphatic carbocycles. The fraction of sp³-hybridized carbons (Fsp3) is 0.150. The number of amides is 2. The lowest BCUT2D eigenvalue weighted by Crippen LogP contribution is -2.14. The minimum atomic E-state index is -0.125. The van der Waals surface area contributed by atoms with Gasteiger partial charge in [-0.3, -0.25) is 9.59 Å². The average molecular weight is 464 g/mol. The van der Waals surface area contributed by atoms with Crippen molar-refractivity contribution in [2.24, 2.45) is 0 Å². The third-order valence-electron chi connectivity index (χ3n) is 3.68. The normalized spacial score (nSPS) is 10.6. The van der Waals surface area contributed by atoms with Gasteiger partial charge in [-0.1, -0.05) is 29.4 Å². The van der Waals surface area contributed by atoms with E-state index in [0.29, 0.717) is 16.4 Å². The van der Waals surface area contributed by atoms with E-state index in [2.05, 4.69) is 15.6 Å². The van der Waals surface area contributed by atoms with Crippen molar-refractivity contribution in [1.29, 1.82) is 0 Å². The Morgan fingerprint density at radius 3 is 2.59 bits per heavy atom. The van der Waals surface area contributed by atoms with E-state index in [0.717, 1.165) is 14.9 Å². The fourth-order valence-corrected chi connectivity index (χ4v) is 4.59. The largest absolute Gasteiger partial charge is 0.326 e. The molecule has 2 amide bonds. The zero-order chi connectivity index (χ0) is 20.6. The Balaban J connectivity index is 1.46. The van der Waals surface area contributed by atoms with E-state index < -0.39 is 0 Å². The molecule has 1 heterocycles. The van der Waals surface area contributed by atoms with Gasteiger partial charge in [0.15, 0.2) is 4.34 Å². The van der Waals surface area contributed by atoms with E-state index in [-0.39, 0.29) is 24.0 Å². The van der Waals surface area contributed by atoms with Gasteiger partial charge in [0.1, 0.15) is 0 Å². The minimum Gasteiger partial charge on any atom is -0.326 e. The second-order valence-corrected chi connectivity index (χ2v) is 9.30. The number of aromatic nitrogens is 1. The molecule has 0 bridgehead atoms. The van der Waals surface area contributed by atoms with Crippen molar-refractivity contribution in [3.8, 4) is 0 Å². The van der Waals surface area contributed by atoms with Crippen LogP contribution in [-0.2, 0) is 16.0 Å². The van der Waals surface area contributed by atoms with E-state index in [4.69, 9.17) is 11.6 Å². The van der Waals surface area contributed by atoms with Gasteiger partial charge in [0.2, 0.25) is 11.8 Å². The molecular formula is C20H18ClN3O2S3. The smallest absolute Gasteiger partial charge is 0.234 e. The summed E-state index contributed by atoms with van der Waals surface area (Å²) in [5.41, 5.74) is 2.15. The number of thiazole rings is 1. The first kappa shape index (κ1) is 21.7. The molecule has 2 N–H and O–H groups in total. The Morgan fingerprint density at radius 2 is 1.83 bits per heavy atom. The number of nitrogens with zero attached hydrogens (tertiary/aromatic N) is 1. The number of rotatable bonds is 8. The molecule has 0 saturated heterocycles. The van der Waals surface area contributed by atoms with Crippen molar-refractivity contribution in [2.45, 2.75) is 15.7 Å². The Kier molecular flexibility index (Phi) is 8.00. The standard InChI is InChI=1S/C20H18ClN3O2S3/c1-27-17-4-2-3-15(9-17)23-18(25)10-16-11-28-20(24-16)29-12-19(26)22-14-7-5-13(21)6-8-14/h2-9,11H,10,12H2,1H3,(H,22,26)(H,23,25). The van der Waals surface area contributed by atoms with E-state index in [1.54, 1.807) is 36.0 Å². The van der Waals surface area contributed by atoms with Gasteiger partial charge in [0.05, 0.1) is 17.9 Å². The zero-order valence-corrected chi connectivity index (χ0v) is 18.7. The predicted octanol–water partition coefficient (Wildman–Crippen LogP) is 5.43. The van der Waals surface area contributed by atoms with Crippen LogP contribution in [0.4, 0.5) is 11.4 Å². The Hall–Kier alpha value is -2.00. The summed E-state index contributed by atoms with van der Waals surface area (Å²) in [6.45, 7) is 0. The first-order valence-electron chi connectivity index (χ1n) is 8.58. The number of carbonyl (C=O) groups is 2. The molecule has 0 aliphatic rings.